The first-order valence-corrected chi connectivity index (χ1v) is 12.3. The van der Waals surface area contributed by atoms with E-state index in [2.05, 4.69) is 17.6 Å². The summed E-state index contributed by atoms with van der Waals surface area (Å²) < 4.78 is 11.6. The molecule has 1 aliphatic carbocycles. The van der Waals surface area contributed by atoms with E-state index in [-0.39, 0.29) is 17.4 Å². The number of urea groups is 1. The Hall–Kier alpha value is -3.71. The Morgan fingerprint density at radius 3 is 2.28 bits per heavy atom. The predicted octanol–water partition coefficient (Wildman–Crippen LogP) is 7.32. The molecule has 2 atom stereocenters. The van der Waals surface area contributed by atoms with Gasteiger partial charge in [0.05, 0.1) is 23.5 Å². The summed E-state index contributed by atoms with van der Waals surface area (Å²) >= 11 is 6.19. The van der Waals surface area contributed by atoms with Gasteiger partial charge in [-0.15, -0.1) is 0 Å². The van der Waals surface area contributed by atoms with E-state index in [1.165, 1.54) is 13.5 Å². The fraction of sp³-hybridized carbons (Fsp3) is 0.286. The lowest BCUT2D eigenvalue weighted by Crippen LogP contribution is -2.29. The van der Waals surface area contributed by atoms with Crippen molar-refractivity contribution < 1.29 is 24.2 Å². The molecule has 1 fully saturated rings. The molecule has 0 aliphatic heterocycles. The monoisotopic (exact) mass is 508 g/mol. The summed E-state index contributed by atoms with van der Waals surface area (Å²) in [6.45, 7) is 2.18. The molecule has 3 N–H and O–H groups in total. The van der Waals surface area contributed by atoms with Gasteiger partial charge in [-0.2, -0.15) is 0 Å². The Balaban J connectivity index is 1.67. The molecular formula is C28H29ClN2O5. The highest BCUT2D eigenvalue weighted by atomic mass is 35.5. The van der Waals surface area contributed by atoms with Gasteiger partial charge >= 0.3 is 12.0 Å². The Morgan fingerprint density at radius 1 is 0.917 bits per heavy atom. The lowest BCUT2D eigenvalue weighted by atomic mass is 9.88. The molecule has 3 aromatic rings. The molecule has 36 heavy (non-hydrogen) atoms. The van der Waals surface area contributed by atoms with Crippen LogP contribution in [-0.4, -0.2) is 30.3 Å². The number of ether oxygens (including phenoxy) is 2. The lowest BCUT2D eigenvalue weighted by molar-refractivity contribution is 0.0693. The molecule has 0 radical (unpaired) electrons. The fourth-order valence-electron chi connectivity index (χ4n) is 4.42. The maximum absolute atomic E-state index is 12.9. The van der Waals surface area contributed by atoms with Crippen LogP contribution in [0.4, 0.5) is 16.2 Å². The molecule has 188 valence electrons. The Morgan fingerprint density at radius 2 is 1.58 bits per heavy atom. The summed E-state index contributed by atoms with van der Waals surface area (Å²) in [6.07, 6.45) is 4.40. The molecule has 2 amide bonds. The minimum atomic E-state index is -1.09. The number of anilines is 2. The van der Waals surface area contributed by atoms with Gasteiger partial charge in [-0.1, -0.05) is 49.2 Å². The Kier molecular flexibility index (Phi) is 8.00. The molecule has 4 rings (SSSR count). The van der Waals surface area contributed by atoms with Gasteiger partial charge in [0.1, 0.15) is 23.2 Å². The highest BCUT2D eigenvalue weighted by Gasteiger charge is 2.24. The number of aromatic carboxylic acids is 1. The van der Waals surface area contributed by atoms with E-state index in [0.717, 1.165) is 24.8 Å². The average Bonchev–Trinajstić information content (AvgIpc) is 2.87. The summed E-state index contributed by atoms with van der Waals surface area (Å²) in [7, 11) is 1.43. The topological polar surface area (TPSA) is 96.9 Å². The standard InChI is InChI=1S/C28H29ClN2O5/c1-17-7-3-6-10-24(17)36-26-14-12-19(18-11-13-25(35-2)20(15-18)27(32)33)16-23(26)31-28(34)30-22-9-5-4-8-21(22)29/h4-5,8-9,11-17,24H,3,6-7,10H2,1-2H3,(H,32,33)(H2,30,31,34)/t17-,24-/m1/s1. The zero-order valence-electron chi connectivity index (χ0n) is 20.2. The SMILES string of the molecule is COc1ccc(-c2ccc(O[C@@H]3CCCC[C@H]3C)c(NC(=O)Nc3ccccc3Cl)c2)cc1C(=O)O. The van der Waals surface area contributed by atoms with Gasteiger partial charge in [0.25, 0.3) is 0 Å². The third-order valence-electron chi connectivity index (χ3n) is 6.42. The number of halogens is 1. The van der Waals surface area contributed by atoms with E-state index in [9.17, 15) is 14.7 Å². The highest BCUT2D eigenvalue weighted by molar-refractivity contribution is 6.33. The van der Waals surface area contributed by atoms with Crippen LogP contribution in [0.15, 0.2) is 60.7 Å². The van der Waals surface area contributed by atoms with Crippen LogP contribution in [0.3, 0.4) is 0 Å². The first-order valence-electron chi connectivity index (χ1n) is 11.9. The summed E-state index contributed by atoms with van der Waals surface area (Å²) in [4.78, 5) is 24.6. The molecule has 8 heteroatoms. The first-order chi connectivity index (χ1) is 17.4. The molecule has 1 aliphatic rings. The highest BCUT2D eigenvalue weighted by Crippen LogP contribution is 2.36. The van der Waals surface area contributed by atoms with Crippen LogP contribution in [0, 0.1) is 5.92 Å². The minimum Gasteiger partial charge on any atom is -0.496 e. The maximum atomic E-state index is 12.9. The van der Waals surface area contributed by atoms with E-state index >= 15 is 0 Å². The van der Waals surface area contributed by atoms with Crippen molar-refractivity contribution >= 4 is 35.0 Å². The van der Waals surface area contributed by atoms with E-state index in [1.807, 2.05) is 12.1 Å². The van der Waals surface area contributed by atoms with Crippen LogP contribution in [0.5, 0.6) is 11.5 Å². The Bertz CT molecular complexity index is 1260. The Labute approximate surface area is 215 Å². The van der Waals surface area contributed by atoms with Crippen LogP contribution in [0.1, 0.15) is 43.0 Å². The number of para-hydroxylation sites is 1. The second-order valence-electron chi connectivity index (χ2n) is 8.91. The van der Waals surface area contributed by atoms with Crippen molar-refractivity contribution in [1.29, 1.82) is 0 Å². The third-order valence-corrected chi connectivity index (χ3v) is 6.75. The summed E-state index contributed by atoms with van der Waals surface area (Å²) in [5.41, 5.74) is 2.40. The third kappa shape index (κ3) is 5.91. The number of carbonyl (C=O) groups is 2. The molecule has 0 aromatic heterocycles. The van der Waals surface area contributed by atoms with Gasteiger partial charge in [0.2, 0.25) is 0 Å². The molecule has 7 nitrogen and oxygen atoms in total. The molecule has 0 bridgehead atoms. The first kappa shape index (κ1) is 25.4. The number of hydrogen-bond donors (Lipinski definition) is 3. The predicted molar refractivity (Wildman–Crippen MR) is 142 cm³/mol. The number of rotatable bonds is 7. The molecule has 0 unspecified atom stereocenters. The lowest BCUT2D eigenvalue weighted by Gasteiger charge is -2.30. The quantitative estimate of drug-likeness (QED) is 0.311. The fourth-order valence-corrected chi connectivity index (χ4v) is 4.61. The number of carboxylic acid groups (broad SMARTS) is 1. The molecule has 0 spiro atoms. The number of carboxylic acids is 1. The van der Waals surface area contributed by atoms with E-state index < -0.39 is 12.0 Å². The molecular weight excluding hydrogens is 480 g/mol. The second kappa shape index (κ2) is 11.4. The number of amides is 2. The van der Waals surface area contributed by atoms with Crippen molar-refractivity contribution in [2.24, 2.45) is 5.92 Å². The van der Waals surface area contributed by atoms with Crippen LogP contribution in [-0.2, 0) is 0 Å². The summed E-state index contributed by atoms with van der Waals surface area (Å²) in [5, 5.41) is 15.7. The van der Waals surface area contributed by atoms with E-state index in [4.69, 9.17) is 21.1 Å². The number of nitrogens with one attached hydrogen (secondary N) is 2. The van der Waals surface area contributed by atoms with Gasteiger partial charge in [-0.05, 0) is 72.7 Å². The van der Waals surface area contributed by atoms with Crippen molar-refractivity contribution in [1.82, 2.24) is 0 Å². The summed E-state index contributed by atoms with van der Waals surface area (Å²) in [5.74, 6) is 0.147. The number of hydrogen-bond acceptors (Lipinski definition) is 4. The maximum Gasteiger partial charge on any atom is 0.339 e. The van der Waals surface area contributed by atoms with Gasteiger partial charge in [-0.25, -0.2) is 9.59 Å². The van der Waals surface area contributed by atoms with Gasteiger partial charge < -0.3 is 25.2 Å². The number of methoxy groups -OCH3 is 1. The average molecular weight is 509 g/mol. The normalized spacial score (nSPS) is 17.2. The summed E-state index contributed by atoms with van der Waals surface area (Å²) in [6, 6.07) is 16.9. The van der Waals surface area contributed by atoms with Crippen molar-refractivity contribution in [2.75, 3.05) is 17.7 Å². The van der Waals surface area contributed by atoms with Crippen molar-refractivity contribution in [2.45, 2.75) is 38.7 Å². The smallest absolute Gasteiger partial charge is 0.339 e. The number of benzene rings is 3. The van der Waals surface area contributed by atoms with Gasteiger partial charge in [0.15, 0.2) is 0 Å². The zero-order valence-corrected chi connectivity index (χ0v) is 21.0. The van der Waals surface area contributed by atoms with Crippen LogP contribution in [0.2, 0.25) is 5.02 Å². The molecule has 0 heterocycles. The van der Waals surface area contributed by atoms with Crippen LogP contribution in [0.25, 0.3) is 11.1 Å². The van der Waals surface area contributed by atoms with Crippen molar-refractivity contribution in [3.05, 3.63) is 71.2 Å². The zero-order chi connectivity index (χ0) is 25.7. The van der Waals surface area contributed by atoms with Gasteiger partial charge in [0, 0.05) is 0 Å². The van der Waals surface area contributed by atoms with Crippen LogP contribution >= 0.6 is 11.6 Å². The van der Waals surface area contributed by atoms with Gasteiger partial charge in [-0.3, -0.25) is 0 Å². The second-order valence-corrected chi connectivity index (χ2v) is 9.32. The number of carbonyl (C=O) groups excluding carboxylic acids is 1. The molecule has 3 aromatic carbocycles. The van der Waals surface area contributed by atoms with Crippen molar-refractivity contribution in [3.63, 3.8) is 0 Å². The largest absolute Gasteiger partial charge is 0.496 e. The van der Waals surface area contributed by atoms with Crippen molar-refractivity contribution in [3.8, 4) is 22.6 Å². The molecule has 0 saturated heterocycles. The van der Waals surface area contributed by atoms with E-state index in [1.54, 1.807) is 48.5 Å². The van der Waals surface area contributed by atoms with E-state index in [0.29, 0.717) is 33.6 Å². The minimum absolute atomic E-state index is 0.0522. The van der Waals surface area contributed by atoms with Crippen LogP contribution < -0.4 is 20.1 Å². The molecule has 1 saturated carbocycles.